The Morgan fingerprint density at radius 3 is 2.41 bits per heavy atom. The van der Waals surface area contributed by atoms with Crippen LogP contribution in [0.2, 0.25) is 0 Å². The van der Waals surface area contributed by atoms with Gasteiger partial charge in [-0.1, -0.05) is 54.2 Å². The van der Waals surface area contributed by atoms with Gasteiger partial charge in [-0.05, 0) is 17.7 Å². The van der Waals surface area contributed by atoms with Crippen LogP contribution >= 0.6 is 11.8 Å². The van der Waals surface area contributed by atoms with Crippen LogP contribution in [0.3, 0.4) is 0 Å². The molecule has 0 bridgehead atoms. The van der Waals surface area contributed by atoms with Crippen LogP contribution in [0.4, 0.5) is 0 Å². The SMILES string of the molecule is COc1ccccc1-c1nnc(S[C@H](C(=O)N(C)C)c2ccccc2)n1C. The van der Waals surface area contributed by atoms with Crippen LogP contribution in [-0.2, 0) is 11.8 Å². The summed E-state index contributed by atoms with van der Waals surface area (Å²) in [5.41, 5.74) is 1.79. The van der Waals surface area contributed by atoms with Gasteiger partial charge in [0, 0.05) is 21.1 Å². The van der Waals surface area contributed by atoms with Crippen LogP contribution in [0.15, 0.2) is 59.8 Å². The molecule has 140 valence electrons. The number of nitrogens with zero attached hydrogens (tertiary/aromatic N) is 4. The van der Waals surface area contributed by atoms with E-state index in [9.17, 15) is 4.79 Å². The molecule has 0 aliphatic rings. The lowest BCUT2D eigenvalue weighted by Crippen LogP contribution is -2.26. The number of carbonyl (C=O) groups is 1. The molecule has 1 amide bonds. The summed E-state index contributed by atoms with van der Waals surface area (Å²) in [6.45, 7) is 0. The minimum Gasteiger partial charge on any atom is -0.496 e. The summed E-state index contributed by atoms with van der Waals surface area (Å²) >= 11 is 1.39. The lowest BCUT2D eigenvalue weighted by Gasteiger charge is -2.20. The highest BCUT2D eigenvalue weighted by molar-refractivity contribution is 8.00. The maximum absolute atomic E-state index is 12.8. The molecular weight excluding hydrogens is 360 g/mol. The van der Waals surface area contributed by atoms with Gasteiger partial charge in [0.05, 0.1) is 12.7 Å². The second-order valence-electron chi connectivity index (χ2n) is 6.21. The maximum atomic E-state index is 12.8. The van der Waals surface area contributed by atoms with Crippen molar-refractivity contribution in [1.82, 2.24) is 19.7 Å². The van der Waals surface area contributed by atoms with Gasteiger partial charge in [0.2, 0.25) is 5.91 Å². The second kappa shape index (κ2) is 8.26. The van der Waals surface area contributed by atoms with E-state index in [2.05, 4.69) is 10.2 Å². The van der Waals surface area contributed by atoms with Gasteiger partial charge in [-0.25, -0.2) is 0 Å². The number of hydrogen-bond donors (Lipinski definition) is 0. The summed E-state index contributed by atoms with van der Waals surface area (Å²) < 4.78 is 7.33. The average molecular weight is 382 g/mol. The van der Waals surface area contributed by atoms with E-state index in [1.54, 1.807) is 26.1 Å². The smallest absolute Gasteiger partial charge is 0.240 e. The molecule has 0 spiro atoms. The summed E-state index contributed by atoms with van der Waals surface area (Å²) in [5.74, 6) is 1.43. The summed E-state index contributed by atoms with van der Waals surface area (Å²) in [7, 11) is 7.05. The number of hydrogen-bond acceptors (Lipinski definition) is 5. The Morgan fingerprint density at radius 1 is 1.07 bits per heavy atom. The number of carbonyl (C=O) groups excluding carboxylic acids is 1. The molecule has 1 heterocycles. The molecular formula is C20H22N4O2S. The van der Waals surface area contributed by atoms with E-state index in [0.29, 0.717) is 11.0 Å². The number of rotatable bonds is 6. The Balaban J connectivity index is 1.96. The number of likely N-dealkylation sites (N-methyl/N-ethyl adjacent to an activating group) is 1. The molecule has 0 fully saturated rings. The molecule has 0 saturated heterocycles. The molecule has 0 aliphatic heterocycles. The summed E-state index contributed by atoms with van der Waals surface area (Å²) in [5, 5.41) is 8.93. The number of aromatic nitrogens is 3. The van der Waals surface area contributed by atoms with E-state index in [4.69, 9.17) is 4.74 Å². The molecule has 0 aliphatic carbocycles. The lowest BCUT2D eigenvalue weighted by atomic mass is 10.1. The van der Waals surface area contributed by atoms with Crippen molar-refractivity contribution in [2.75, 3.05) is 21.2 Å². The molecule has 6 nitrogen and oxygen atoms in total. The van der Waals surface area contributed by atoms with E-state index < -0.39 is 5.25 Å². The maximum Gasteiger partial charge on any atom is 0.240 e. The summed E-state index contributed by atoms with van der Waals surface area (Å²) in [6.07, 6.45) is 0. The molecule has 0 unspecified atom stereocenters. The van der Waals surface area contributed by atoms with E-state index in [0.717, 1.165) is 16.9 Å². The Labute approximate surface area is 163 Å². The number of methoxy groups -OCH3 is 1. The number of para-hydroxylation sites is 1. The zero-order valence-electron chi connectivity index (χ0n) is 15.8. The number of thioether (sulfide) groups is 1. The molecule has 27 heavy (non-hydrogen) atoms. The van der Waals surface area contributed by atoms with Crippen LogP contribution in [0, 0.1) is 0 Å². The van der Waals surface area contributed by atoms with Crippen LogP contribution in [-0.4, -0.2) is 46.8 Å². The van der Waals surface area contributed by atoms with Crippen molar-refractivity contribution in [3.05, 3.63) is 60.2 Å². The van der Waals surface area contributed by atoms with Gasteiger partial charge in [-0.3, -0.25) is 4.79 Å². The molecule has 7 heteroatoms. The highest BCUT2D eigenvalue weighted by Crippen LogP contribution is 2.37. The van der Waals surface area contributed by atoms with Crippen molar-refractivity contribution in [2.24, 2.45) is 7.05 Å². The van der Waals surface area contributed by atoms with Crippen molar-refractivity contribution in [3.8, 4) is 17.1 Å². The van der Waals surface area contributed by atoms with Crippen LogP contribution in [0.25, 0.3) is 11.4 Å². The highest BCUT2D eigenvalue weighted by atomic mass is 32.2. The summed E-state index contributed by atoms with van der Waals surface area (Å²) in [4.78, 5) is 14.4. The van der Waals surface area contributed by atoms with Crippen molar-refractivity contribution in [2.45, 2.75) is 10.4 Å². The van der Waals surface area contributed by atoms with Crippen LogP contribution < -0.4 is 4.74 Å². The van der Waals surface area contributed by atoms with Gasteiger partial charge in [0.15, 0.2) is 11.0 Å². The van der Waals surface area contributed by atoms with Gasteiger partial charge in [0.25, 0.3) is 0 Å². The number of benzene rings is 2. The fourth-order valence-electron chi connectivity index (χ4n) is 2.71. The fourth-order valence-corrected chi connectivity index (χ4v) is 3.86. The predicted octanol–water partition coefficient (Wildman–Crippen LogP) is 3.41. The monoisotopic (exact) mass is 382 g/mol. The Morgan fingerprint density at radius 2 is 1.74 bits per heavy atom. The average Bonchev–Trinajstić information content (AvgIpc) is 3.06. The van der Waals surface area contributed by atoms with Crippen molar-refractivity contribution in [1.29, 1.82) is 0 Å². The molecule has 0 saturated carbocycles. The molecule has 3 aromatic rings. The minimum absolute atomic E-state index is 0.00745. The third-order valence-corrected chi connectivity index (χ3v) is 5.45. The normalized spacial score (nSPS) is 11.9. The van der Waals surface area contributed by atoms with Crippen LogP contribution in [0.1, 0.15) is 10.8 Å². The van der Waals surface area contributed by atoms with E-state index in [1.165, 1.54) is 11.8 Å². The Kier molecular flexibility index (Phi) is 5.81. The highest BCUT2D eigenvalue weighted by Gasteiger charge is 2.26. The van der Waals surface area contributed by atoms with E-state index in [1.807, 2.05) is 66.2 Å². The Hall–Kier alpha value is -2.80. The quantitative estimate of drug-likeness (QED) is 0.612. The van der Waals surface area contributed by atoms with E-state index in [-0.39, 0.29) is 5.91 Å². The first-order valence-corrected chi connectivity index (χ1v) is 9.36. The standard InChI is InChI=1S/C20H22N4O2S/c1-23(2)19(25)17(14-10-6-5-7-11-14)27-20-22-21-18(24(20)3)15-12-8-9-13-16(15)26-4/h5-13,17H,1-4H3/t17-/m0/s1. The first kappa shape index (κ1) is 19.0. The zero-order chi connectivity index (χ0) is 19.4. The first-order valence-electron chi connectivity index (χ1n) is 8.48. The largest absolute Gasteiger partial charge is 0.496 e. The van der Waals surface area contributed by atoms with Crippen molar-refractivity contribution >= 4 is 17.7 Å². The van der Waals surface area contributed by atoms with Gasteiger partial charge in [0.1, 0.15) is 11.0 Å². The lowest BCUT2D eigenvalue weighted by molar-refractivity contribution is -0.128. The fraction of sp³-hybridized carbons (Fsp3) is 0.250. The minimum atomic E-state index is -0.394. The predicted molar refractivity (Wildman–Crippen MR) is 107 cm³/mol. The van der Waals surface area contributed by atoms with Crippen LogP contribution in [0.5, 0.6) is 5.75 Å². The molecule has 0 N–H and O–H groups in total. The molecule has 0 radical (unpaired) electrons. The summed E-state index contributed by atoms with van der Waals surface area (Å²) in [6, 6.07) is 17.4. The topological polar surface area (TPSA) is 60.3 Å². The zero-order valence-corrected chi connectivity index (χ0v) is 16.6. The number of ether oxygens (including phenoxy) is 1. The van der Waals surface area contributed by atoms with Gasteiger partial charge < -0.3 is 14.2 Å². The first-order chi connectivity index (χ1) is 13.0. The molecule has 1 atom stereocenters. The second-order valence-corrected chi connectivity index (χ2v) is 7.28. The molecule has 3 rings (SSSR count). The van der Waals surface area contributed by atoms with E-state index >= 15 is 0 Å². The third kappa shape index (κ3) is 3.98. The molecule has 2 aromatic carbocycles. The van der Waals surface area contributed by atoms with Gasteiger partial charge in [-0.15, -0.1) is 10.2 Å². The Bertz CT molecular complexity index is 925. The van der Waals surface area contributed by atoms with Crippen molar-refractivity contribution < 1.29 is 9.53 Å². The third-order valence-electron chi connectivity index (χ3n) is 4.17. The van der Waals surface area contributed by atoms with Gasteiger partial charge >= 0.3 is 0 Å². The molecule has 1 aromatic heterocycles. The number of amides is 1. The van der Waals surface area contributed by atoms with Gasteiger partial charge in [-0.2, -0.15) is 0 Å². The van der Waals surface area contributed by atoms with Crippen molar-refractivity contribution in [3.63, 3.8) is 0 Å².